The first kappa shape index (κ1) is 21.1. The Labute approximate surface area is 198 Å². The molecule has 1 aromatic heterocycles. The predicted octanol–water partition coefficient (Wildman–Crippen LogP) is 6.81. The number of amides is 1. The molecule has 0 saturated heterocycles. The van der Waals surface area contributed by atoms with E-state index in [1.54, 1.807) is 41.3 Å². The molecular weight excluding hydrogens is 469 g/mol. The normalized spacial score (nSPS) is 15.4. The van der Waals surface area contributed by atoms with Gasteiger partial charge in [-0.05, 0) is 53.9 Å². The Kier molecular flexibility index (Phi) is 5.25. The van der Waals surface area contributed by atoms with Crippen molar-refractivity contribution in [2.24, 2.45) is 0 Å². The third-order valence-corrected chi connectivity index (χ3v) is 6.72. The SMILES string of the molecule is Cc1cc2oc3c(c(=O)c2cc1Cl)C(c1cccc(Cl)c1)N(Cc1ccccc1Cl)C3=O. The Hall–Kier alpha value is -2.79. The summed E-state index contributed by atoms with van der Waals surface area (Å²) in [6.07, 6.45) is 0. The molecule has 0 saturated carbocycles. The first-order chi connectivity index (χ1) is 15.3. The van der Waals surface area contributed by atoms with Gasteiger partial charge in [0, 0.05) is 21.6 Å². The van der Waals surface area contributed by atoms with Gasteiger partial charge >= 0.3 is 0 Å². The van der Waals surface area contributed by atoms with Gasteiger partial charge in [0.25, 0.3) is 5.91 Å². The van der Waals surface area contributed by atoms with E-state index in [0.29, 0.717) is 31.6 Å². The molecule has 4 aromatic rings. The van der Waals surface area contributed by atoms with Crippen LogP contribution in [0.5, 0.6) is 0 Å². The van der Waals surface area contributed by atoms with Gasteiger partial charge in [0.1, 0.15) is 5.58 Å². The fourth-order valence-corrected chi connectivity index (χ4v) is 4.70. The molecule has 0 radical (unpaired) electrons. The van der Waals surface area contributed by atoms with Crippen LogP contribution >= 0.6 is 34.8 Å². The first-order valence-corrected chi connectivity index (χ1v) is 11.0. The molecule has 3 aromatic carbocycles. The molecule has 7 heteroatoms. The lowest BCUT2D eigenvalue weighted by molar-refractivity contribution is 0.0714. The van der Waals surface area contributed by atoms with Crippen LogP contribution in [-0.4, -0.2) is 10.8 Å². The van der Waals surface area contributed by atoms with Crippen molar-refractivity contribution in [3.8, 4) is 0 Å². The van der Waals surface area contributed by atoms with Crippen molar-refractivity contribution in [1.82, 2.24) is 4.90 Å². The van der Waals surface area contributed by atoms with E-state index in [9.17, 15) is 9.59 Å². The summed E-state index contributed by atoms with van der Waals surface area (Å²) in [5, 5.41) is 1.83. The first-order valence-electron chi connectivity index (χ1n) is 9.92. The Balaban J connectivity index is 1.76. The van der Waals surface area contributed by atoms with Crippen molar-refractivity contribution in [2.45, 2.75) is 19.5 Å². The van der Waals surface area contributed by atoms with Gasteiger partial charge in [-0.15, -0.1) is 0 Å². The second-order valence-corrected chi connectivity index (χ2v) is 9.00. The number of carbonyl (C=O) groups is 1. The highest BCUT2D eigenvalue weighted by Crippen LogP contribution is 2.40. The molecule has 0 bridgehead atoms. The fourth-order valence-electron chi connectivity index (χ4n) is 4.14. The van der Waals surface area contributed by atoms with Crippen LogP contribution in [-0.2, 0) is 6.54 Å². The van der Waals surface area contributed by atoms with Gasteiger partial charge in [-0.1, -0.05) is 65.1 Å². The van der Waals surface area contributed by atoms with Crippen LogP contribution in [0.15, 0.2) is 69.9 Å². The maximum atomic E-state index is 13.6. The standard InChI is InChI=1S/C25H16Cl3NO3/c1-13-9-20-17(11-19(13)28)23(30)21-22(14-6-4-7-16(26)10-14)29(25(31)24(21)32-20)12-15-5-2-3-8-18(15)27/h2-11,22H,12H2,1H3. The summed E-state index contributed by atoms with van der Waals surface area (Å²) in [4.78, 5) is 28.7. The van der Waals surface area contributed by atoms with Crippen LogP contribution in [0.1, 0.15) is 38.9 Å². The minimum absolute atomic E-state index is 0.0289. The number of carbonyl (C=O) groups excluding carboxylic acids is 1. The Bertz CT molecular complexity index is 1460. The molecule has 1 aliphatic rings. The maximum Gasteiger partial charge on any atom is 0.291 e. The Morgan fingerprint density at radius 3 is 2.47 bits per heavy atom. The summed E-state index contributed by atoms with van der Waals surface area (Å²) >= 11 is 18.9. The number of rotatable bonds is 3. The van der Waals surface area contributed by atoms with Crippen molar-refractivity contribution in [3.05, 3.63) is 114 Å². The van der Waals surface area contributed by atoms with Crippen LogP contribution in [0.2, 0.25) is 15.1 Å². The molecule has 0 N–H and O–H groups in total. The number of hydrogen-bond acceptors (Lipinski definition) is 3. The quantitative estimate of drug-likeness (QED) is 0.321. The van der Waals surface area contributed by atoms with Gasteiger partial charge in [-0.2, -0.15) is 0 Å². The molecule has 1 atom stereocenters. The zero-order valence-electron chi connectivity index (χ0n) is 16.9. The fraction of sp³-hybridized carbons (Fsp3) is 0.120. The summed E-state index contributed by atoms with van der Waals surface area (Å²) in [7, 11) is 0. The smallest absolute Gasteiger partial charge is 0.291 e. The number of hydrogen-bond donors (Lipinski definition) is 0. The van der Waals surface area contributed by atoms with Gasteiger partial charge in [0.2, 0.25) is 5.76 Å². The average molecular weight is 485 g/mol. The van der Waals surface area contributed by atoms with E-state index in [1.165, 1.54) is 0 Å². The molecule has 1 unspecified atom stereocenters. The molecule has 32 heavy (non-hydrogen) atoms. The highest BCUT2D eigenvalue weighted by atomic mass is 35.5. The number of halogens is 3. The number of fused-ring (bicyclic) bond motifs is 2. The van der Waals surface area contributed by atoms with E-state index < -0.39 is 6.04 Å². The zero-order valence-corrected chi connectivity index (χ0v) is 19.1. The number of benzene rings is 3. The van der Waals surface area contributed by atoms with Gasteiger partial charge in [0.05, 0.1) is 17.0 Å². The minimum atomic E-state index is -0.673. The van der Waals surface area contributed by atoms with Crippen molar-refractivity contribution < 1.29 is 9.21 Å². The Morgan fingerprint density at radius 2 is 1.72 bits per heavy atom. The van der Waals surface area contributed by atoms with Crippen LogP contribution in [0.3, 0.4) is 0 Å². The second kappa shape index (κ2) is 7.96. The average Bonchev–Trinajstić information content (AvgIpc) is 3.03. The Morgan fingerprint density at radius 1 is 0.938 bits per heavy atom. The highest BCUT2D eigenvalue weighted by molar-refractivity contribution is 6.32. The molecule has 160 valence electrons. The number of aryl methyl sites for hydroxylation is 1. The van der Waals surface area contributed by atoms with Gasteiger partial charge < -0.3 is 9.32 Å². The van der Waals surface area contributed by atoms with Gasteiger partial charge in [-0.3, -0.25) is 9.59 Å². The molecule has 5 rings (SSSR count). The van der Waals surface area contributed by atoms with E-state index in [4.69, 9.17) is 39.2 Å². The summed E-state index contributed by atoms with van der Waals surface area (Å²) in [5.41, 5.74) is 2.54. The summed E-state index contributed by atoms with van der Waals surface area (Å²) in [6, 6.07) is 17.0. The van der Waals surface area contributed by atoms with Crippen LogP contribution in [0, 0.1) is 6.92 Å². The van der Waals surface area contributed by atoms with Gasteiger partial charge in [0.15, 0.2) is 5.43 Å². The van der Waals surface area contributed by atoms with E-state index in [0.717, 1.165) is 11.1 Å². The van der Waals surface area contributed by atoms with Crippen molar-refractivity contribution in [3.63, 3.8) is 0 Å². The zero-order chi connectivity index (χ0) is 22.6. The maximum absolute atomic E-state index is 13.6. The predicted molar refractivity (Wildman–Crippen MR) is 127 cm³/mol. The van der Waals surface area contributed by atoms with Crippen molar-refractivity contribution in [2.75, 3.05) is 0 Å². The minimum Gasteiger partial charge on any atom is -0.450 e. The topological polar surface area (TPSA) is 50.5 Å². The van der Waals surface area contributed by atoms with Gasteiger partial charge in [-0.25, -0.2) is 0 Å². The summed E-state index contributed by atoms with van der Waals surface area (Å²) in [6.45, 7) is 2.02. The second-order valence-electron chi connectivity index (χ2n) is 7.75. The molecule has 1 amide bonds. The molecular formula is C25H16Cl3NO3. The lowest BCUT2D eigenvalue weighted by Crippen LogP contribution is -2.29. The molecule has 2 heterocycles. The number of nitrogens with zero attached hydrogens (tertiary/aromatic N) is 1. The van der Waals surface area contributed by atoms with Crippen molar-refractivity contribution in [1.29, 1.82) is 0 Å². The van der Waals surface area contributed by atoms with E-state index >= 15 is 0 Å². The lowest BCUT2D eigenvalue weighted by atomic mass is 9.98. The van der Waals surface area contributed by atoms with E-state index in [1.807, 2.05) is 31.2 Å². The summed E-state index contributed by atoms with van der Waals surface area (Å²) in [5.74, 6) is -0.349. The van der Waals surface area contributed by atoms with Crippen LogP contribution in [0.4, 0.5) is 0 Å². The third kappa shape index (κ3) is 3.39. The van der Waals surface area contributed by atoms with Crippen molar-refractivity contribution >= 4 is 51.7 Å². The van der Waals surface area contributed by atoms with Crippen LogP contribution in [0.25, 0.3) is 11.0 Å². The monoisotopic (exact) mass is 483 g/mol. The largest absolute Gasteiger partial charge is 0.450 e. The molecule has 0 spiro atoms. The summed E-state index contributed by atoms with van der Waals surface area (Å²) < 4.78 is 6.00. The molecule has 4 nitrogen and oxygen atoms in total. The highest BCUT2D eigenvalue weighted by Gasteiger charge is 2.43. The molecule has 0 fully saturated rings. The van der Waals surface area contributed by atoms with Crippen LogP contribution < -0.4 is 5.43 Å². The van der Waals surface area contributed by atoms with E-state index in [-0.39, 0.29) is 29.2 Å². The third-order valence-electron chi connectivity index (χ3n) is 5.71. The molecule has 0 aliphatic carbocycles. The lowest BCUT2D eigenvalue weighted by Gasteiger charge is -2.25. The van der Waals surface area contributed by atoms with E-state index in [2.05, 4.69) is 0 Å². The molecule has 1 aliphatic heterocycles.